The second kappa shape index (κ2) is 6.63. The molecule has 1 aromatic carbocycles. The van der Waals surface area contributed by atoms with Crippen LogP contribution in [0.4, 0.5) is 5.69 Å². The molecule has 1 aromatic rings. The summed E-state index contributed by atoms with van der Waals surface area (Å²) in [6.07, 6.45) is 3.42. The van der Waals surface area contributed by atoms with Gasteiger partial charge in [0.25, 0.3) is 0 Å². The van der Waals surface area contributed by atoms with Crippen molar-refractivity contribution in [2.24, 2.45) is 5.92 Å². The Morgan fingerprint density at radius 1 is 1.12 bits per heavy atom. The maximum atomic E-state index is 12.3. The molecular formula is C19H27N3O2. The molecule has 1 aliphatic carbocycles. The quantitative estimate of drug-likeness (QED) is 0.829. The van der Waals surface area contributed by atoms with Crippen molar-refractivity contribution in [3.05, 3.63) is 24.3 Å². The summed E-state index contributed by atoms with van der Waals surface area (Å²) in [5.41, 5.74) is 1.19. The minimum Gasteiger partial charge on any atom is -0.492 e. The highest BCUT2D eigenvalue weighted by atomic mass is 16.5. The first-order valence-electron chi connectivity index (χ1n) is 9.26. The Kier molecular flexibility index (Phi) is 4.35. The zero-order valence-electron chi connectivity index (χ0n) is 14.5. The van der Waals surface area contributed by atoms with E-state index in [0.717, 1.165) is 51.4 Å². The van der Waals surface area contributed by atoms with Crippen LogP contribution in [-0.4, -0.2) is 61.2 Å². The van der Waals surface area contributed by atoms with Crippen molar-refractivity contribution in [1.29, 1.82) is 0 Å². The number of amides is 1. The monoisotopic (exact) mass is 329 g/mol. The van der Waals surface area contributed by atoms with Crippen molar-refractivity contribution in [2.45, 2.75) is 32.2 Å². The molecule has 0 radical (unpaired) electrons. The lowest BCUT2D eigenvalue weighted by Crippen LogP contribution is -2.52. The van der Waals surface area contributed by atoms with Crippen LogP contribution < -0.4 is 9.64 Å². The number of carbonyl (C=O) groups is 1. The van der Waals surface area contributed by atoms with Crippen LogP contribution in [0.5, 0.6) is 5.75 Å². The number of fused-ring (bicyclic) bond motifs is 2. The second-order valence-corrected chi connectivity index (χ2v) is 7.12. The molecule has 2 atom stereocenters. The summed E-state index contributed by atoms with van der Waals surface area (Å²) in [6.45, 7) is 7.51. The standard InChI is InChI=1S/C19H27N3O2/c1-2-24-18-6-4-3-5-17(18)21-11-9-20(10-12-21)14-22-16-8-7-15(13-16)19(22)23/h3-6,15-16H,2,7-14H2,1H3/t15-,16-/m0/s1. The van der Waals surface area contributed by atoms with Gasteiger partial charge in [-0.25, -0.2) is 0 Å². The van der Waals surface area contributed by atoms with Crippen LogP contribution in [0.1, 0.15) is 26.2 Å². The minimum absolute atomic E-state index is 0.328. The lowest BCUT2D eigenvalue weighted by molar-refractivity contribution is -0.136. The van der Waals surface area contributed by atoms with E-state index in [2.05, 4.69) is 26.8 Å². The Labute approximate surface area is 144 Å². The predicted octanol–water partition coefficient (Wildman–Crippen LogP) is 2.18. The van der Waals surface area contributed by atoms with Gasteiger partial charge in [-0.2, -0.15) is 0 Å². The molecule has 130 valence electrons. The number of anilines is 1. The third-order valence-corrected chi connectivity index (χ3v) is 5.71. The molecular weight excluding hydrogens is 302 g/mol. The molecule has 2 aliphatic heterocycles. The summed E-state index contributed by atoms with van der Waals surface area (Å²) in [5, 5.41) is 0. The highest BCUT2D eigenvalue weighted by molar-refractivity contribution is 5.82. The number of nitrogens with zero attached hydrogens (tertiary/aromatic N) is 3. The summed E-state index contributed by atoms with van der Waals surface area (Å²) in [7, 11) is 0. The number of piperidine rings is 1. The Balaban J connectivity index is 1.35. The molecule has 3 fully saturated rings. The largest absolute Gasteiger partial charge is 0.492 e. The van der Waals surface area contributed by atoms with Crippen molar-refractivity contribution < 1.29 is 9.53 Å². The molecule has 0 spiro atoms. The zero-order chi connectivity index (χ0) is 16.5. The van der Waals surface area contributed by atoms with Crippen molar-refractivity contribution in [3.8, 4) is 5.75 Å². The highest BCUT2D eigenvalue weighted by Crippen LogP contribution is 2.38. The number of para-hydroxylation sites is 2. The zero-order valence-corrected chi connectivity index (χ0v) is 14.5. The number of likely N-dealkylation sites (tertiary alicyclic amines) is 1. The highest BCUT2D eigenvalue weighted by Gasteiger charge is 2.44. The SMILES string of the molecule is CCOc1ccccc1N1CCN(CN2C(=O)[C@H]3CC[C@H]2C3)CC1. The van der Waals surface area contributed by atoms with Crippen LogP contribution >= 0.6 is 0 Å². The summed E-state index contributed by atoms with van der Waals surface area (Å²) >= 11 is 0. The van der Waals surface area contributed by atoms with Crippen LogP contribution in [0.2, 0.25) is 0 Å². The van der Waals surface area contributed by atoms with Gasteiger partial charge in [-0.15, -0.1) is 0 Å². The lowest BCUT2D eigenvalue weighted by atomic mass is 10.1. The van der Waals surface area contributed by atoms with E-state index in [9.17, 15) is 4.79 Å². The Hall–Kier alpha value is -1.75. The van der Waals surface area contributed by atoms with E-state index >= 15 is 0 Å². The number of rotatable bonds is 5. The van der Waals surface area contributed by atoms with E-state index in [-0.39, 0.29) is 0 Å². The van der Waals surface area contributed by atoms with Gasteiger partial charge in [-0.05, 0) is 38.3 Å². The van der Waals surface area contributed by atoms with Crippen molar-refractivity contribution in [3.63, 3.8) is 0 Å². The number of piperazine rings is 1. The summed E-state index contributed by atoms with van der Waals surface area (Å²) in [6, 6.07) is 8.80. The van der Waals surface area contributed by atoms with E-state index in [1.807, 2.05) is 19.1 Å². The fourth-order valence-electron chi connectivity index (χ4n) is 4.41. The lowest BCUT2D eigenvalue weighted by Gasteiger charge is -2.39. The van der Waals surface area contributed by atoms with Crippen LogP contribution in [-0.2, 0) is 4.79 Å². The molecule has 24 heavy (non-hydrogen) atoms. The topological polar surface area (TPSA) is 36.0 Å². The molecule has 2 bridgehead atoms. The molecule has 2 saturated heterocycles. The maximum Gasteiger partial charge on any atom is 0.227 e. The molecule has 3 aliphatic rings. The third-order valence-electron chi connectivity index (χ3n) is 5.71. The van der Waals surface area contributed by atoms with Gasteiger partial charge in [0.1, 0.15) is 5.75 Å². The van der Waals surface area contributed by atoms with Crippen LogP contribution in [0.3, 0.4) is 0 Å². The van der Waals surface area contributed by atoms with Gasteiger partial charge in [-0.1, -0.05) is 12.1 Å². The summed E-state index contributed by atoms with van der Waals surface area (Å²) < 4.78 is 5.76. The van der Waals surface area contributed by atoms with Crippen molar-refractivity contribution >= 4 is 11.6 Å². The minimum atomic E-state index is 0.328. The number of ether oxygens (including phenoxy) is 1. The average molecular weight is 329 g/mol. The normalized spacial score (nSPS) is 27.1. The maximum absolute atomic E-state index is 12.3. The van der Waals surface area contributed by atoms with E-state index in [1.54, 1.807) is 0 Å². The summed E-state index contributed by atoms with van der Waals surface area (Å²) in [5.74, 6) is 1.70. The van der Waals surface area contributed by atoms with Gasteiger partial charge in [0.15, 0.2) is 0 Å². The molecule has 0 N–H and O–H groups in total. The molecule has 5 nitrogen and oxygen atoms in total. The number of benzene rings is 1. The molecule has 4 rings (SSSR count). The van der Waals surface area contributed by atoms with Gasteiger partial charge in [0.2, 0.25) is 5.91 Å². The van der Waals surface area contributed by atoms with E-state index in [1.165, 1.54) is 12.1 Å². The van der Waals surface area contributed by atoms with Crippen molar-refractivity contribution in [1.82, 2.24) is 9.80 Å². The first-order valence-corrected chi connectivity index (χ1v) is 9.26. The molecule has 1 amide bonds. The first-order chi connectivity index (χ1) is 11.8. The Bertz CT molecular complexity index is 598. The van der Waals surface area contributed by atoms with E-state index < -0.39 is 0 Å². The Morgan fingerprint density at radius 3 is 2.62 bits per heavy atom. The number of hydrogen-bond donors (Lipinski definition) is 0. The number of hydrogen-bond acceptors (Lipinski definition) is 4. The molecule has 1 saturated carbocycles. The predicted molar refractivity (Wildman–Crippen MR) is 94.2 cm³/mol. The van der Waals surface area contributed by atoms with Gasteiger partial charge < -0.3 is 14.5 Å². The molecule has 0 unspecified atom stereocenters. The van der Waals surface area contributed by atoms with E-state index in [0.29, 0.717) is 24.5 Å². The Morgan fingerprint density at radius 2 is 1.92 bits per heavy atom. The molecule has 0 aromatic heterocycles. The van der Waals surface area contributed by atoms with Gasteiger partial charge in [-0.3, -0.25) is 9.69 Å². The van der Waals surface area contributed by atoms with Gasteiger partial charge in [0.05, 0.1) is 19.0 Å². The van der Waals surface area contributed by atoms with Crippen molar-refractivity contribution in [2.75, 3.05) is 44.4 Å². The fraction of sp³-hybridized carbons (Fsp3) is 0.632. The second-order valence-electron chi connectivity index (χ2n) is 7.12. The van der Waals surface area contributed by atoms with Crippen LogP contribution in [0.15, 0.2) is 24.3 Å². The van der Waals surface area contributed by atoms with Crippen LogP contribution in [0.25, 0.3) is 0 Å². The smallest absolute Gasteiger partial charge is 0.227 e. The van der Waals surface area contributed by atoms with Gasteiger partial charge in [0, 0.05) is 38.1 Å². The third kappa shape index (κ3) is 2.86. The number of carbonyl (C=O) groups excluding carboxylic acids is 1. The fourth-order valence-corrected chi connectivity index (χ4v) is 4.41. The van der Waals surface area contributed by atoms with Crippen LogP contribution in [0, 0.1) is 5.92 Å². The summed E-state index contributed by atoms with van der Waals surface area (Å²) in [4.78, 5) is 19.3. The molecule has 2 heterocycles. The molecule has 5 heteroatoms. The van der Waals surface area contributed by atoms with E-state index in [4.69, 9.17) is 4.74 Å². The first kappa shape index (κ1) is 15.8. The van der Waals surface area contributed by atoms with Gasteiger partial charge >= 0.3 is 0 Å². The average Bonchev–Trinajstić information content (AvgIpc) is 3.20.